The van der Waals surface area contributed by atoms with Crippen LogP contribution in [0.2, 0.25) is 0 Å². The lowest BCUT2D eigenvalue weighted by molar-refractivity contribution is -0.156. The fourth-order valence-electron chi connectivity index (χ4n) is 4.95. The van der Waals surface area contributed by atoms with Gasteiger partial charge < -0.3 is 20.1 Å². The molecule has 8 nitrogen and oxygen atoms in total. The maximum atomic E-state index is 13.9. The monoisotopic (exact) mass is 445 g/mol. The summed E-state index contributed by atoms with van der Waals surface area (Å²) in [6.45, 7) is 4.40. The first-order valence-electron chi connectivity index (χ1n) is 11.0. The van der Waals surface area contributed by atoms with Crippen LogP contribution < -0.4 is 5.32 Å². The van der Waals surface area contributed by atoms with E-state index >= 15 is 0 Å². The normalized spacial score (nSPS) is 28.0. The molecule has 10 heteroatoms. The van der Waals surface area contributed by atoms with E-state index in [2.05, 4.69) is 5.32 Å². The number of halogens is 2. The van der Waals surface area contributed by atoms with E-state index in [1.54, 1.807) is 20.8 Å². The Labute approximate surface area is 181 Å². The summed E-state index contributed by atoms with van der Waals surface area (Å²) in [7, 11) is 0. The minimum absolute atomic E-state index is 0.0927. The van der Waals surface area contributed by atoms with Crippen LogP contribution in [0.25, 0.3) is 0 Å². The molecule has 1 aliphatic carbocycles. The van der Waals surface area contributed by atoms with E-state index in [-0.39, 0.29) is 19.0 Å². The molecule has 2 heterocycles. The number of aliphatic carboxylic acids is 1. The maximum absolute atomic E-state index is 13.9. The molecule has 1 unspecified atom stereocenters. The summed E-state index contributed by atoms with van der Waals surface area (Å²) in [6, 6.07) is -2.77. The zero-order valence-electron chi connectivity index (χ0n) is 18.4. The van der Waals surface area contributed by atoms with E-state index < -0.39 is 60.6 Å². The highest BCUT2D eigenvalue weighted by molar-refractivity contribution is 5.90. The number of ether oxygens (including phenoxy) is 1. The minimum Gasteiger partial charge on any atom is -0.480 e. The van der Waals surface area contributed by atoms with Gasteiger partial charge in [-0.15, -0.1) is 0 Å². The van der Waals surface area contributed by atoms with Crippen LogP contribution in [0.4, 0.5) is 13.6 Å². The van der Waals surface area contributed by atoms with E-state index in [1.165, 1.54) is 9.80 Å². The molecule has 31 heavy (non-hydrogen) atoms. The van der Waals surface area contributed by atoms with Crippen LogP contribution in [0, 0.1) is 5.92 Å². The summed E-state index contributed by atoms with van der Waals surface area (Å²) in [4.78, 5) is 40.6. The van der Waals surface area contributed by atoms with Gasteiger partial charge in [-0.05, 0) is 39.5 Å². The van der Waals surface area contributed by atoms with Crippen LogP contribution in [0.1, 0.15) is 59.3 Å². The van der Waals surface area contributed by atoms with Gasteiger partial charge in [0.25, 0.3) is 5.92 Å². The highest BCUT2D eigenvalue weighted by atomic mass is 19.3. The molecule has 1 saturated carbocycles. The maximum Gasteiger partial charge on any atom is 0.408 e. The zero-order valence-corrected chi connectivity index (χ0v) is 18.4. The number of fused-ring (bicyclic) bond motifs is 1. The van der Waals surface area contributed by atoms with Gasteiger partial charge in [0, 0.05) is 25.6 Å². The van der Waals surface area contributed by atoms with Crippen LogP contribution in [-0.2, 0) is 14.3 Å². The average Bonchev–Trinajstić information content (AvgIpc) is 2.96. The molecule has 2 N–H and O–H groups in total. The molecule has 0 aromatic heterocycles. The first-order chi connectivity index (χ1) is 14.4. The molecule has 2 aliphatic heterocycles. The predicted octanol–water partition coefficient (Wildman–Crippen LogP) is 2.46. The molecule has 3 fully saturated rings. The number of piperazine rings is 1. The SMILES string of the molecule is CC(C)(C)OC(=O)N[C@H](C(=O)N1C[C@H]2CC(F)(F)CN2CC1C(=O)O)C1CCCCC1. The minimum atomic E-state index is -2.90. The summed E-state index contributed by atoms with van der Waals surface area (Å²) in [5.41, 5.74) is -0.755. The van der Waals surface area contributed by atoms with Crippen molar-refractivity contribution in [2.24, 2.45) is 5.92 Å². The number of carboxylic acids is 1. The number of alkyl halides is 2. The largest absolute Gasteiger partial charge is 0.480 e. The number of rotatable bonds is 4. The standard InChI is InChI=1S/C21H33F2N3O5/c1-20(2,3)31-19(30)24-16(13-7-5-4-6-8-13)17(27)26-10-14-9-21(22,23)12-25(14)11-15(26)18(28)29/h13-16H,4-12H2,1-3H3,(H,24,30)(H,28,29)/t14-,15?,16+/m1/s1. The number of carboxylic acid groups (broad SMARTS) is 1. The highest BCUT2D eigenvalue weighted by Gasteiger charge is 2.52. The van der Waals surface area contributed by atoms with E-state index in [1.807, 2.05) is 0 Å². The summed E-state index contributed by atoms with van der Waals surface area (Å²) in [5.74, 6) is -4.81. The molecule has 0 spiro atoms. The molecule has 0 bridgehead atoms. The number of nitrogens with one attached hydrogen (secondary N) is 1. The molecule has 2 amide bonds. The van der Waals surface area contributed by atoms with Crippen molar-refractivity contribution in [3.8, 4) is 0 Å². The Hall–Kier alpha value is -1.97. The van der Waals surface area contributed by atoms with E-state index in [0.717, 1.165) is 32.1 Å². The van der Waals surface area contributed by atoms with Gasteiger partial charge in [-0.2, -0.15) is 0 Å². The van der Waals surface area contributed by atoms with Gasteiger partial charge in [-0.1, -0.05) is 19.3 Å². The summed E-state index contributed by atoms with van der Waals surface area (Å²) in [5, 5.41) is 12.4. The average molecular weight is 446 g/mol. The molecule has 3 aliphatic rings. The fourth-order valence-corrected chi connectivity index (χ4v) is 4.95. The van der Waals surface area contributed by atoms with Gasteiger partial charge in [0.15, 0.2) is 0 Å². The van der Waals surface area contributed by atoms with Crippen molar-refractivity contribution < 1.29 is 33.0 Å². The third-order valence-corrected chi connectivity index (χ3v) is 6.30. The lowest BCUT2D eigenvalue weighted by Crippen LogP contribution is -2.64. The number of carbonyl (C=O) groups excluding carboxylic acids is 2. The third kappa shape index (κ3) is 5.84. The second-order valence-corrected chi connectivity index (χ2v) is 10.0. The molecule has 2 saturated heterocycles. The Morgan fingerprint density at radius 3 is 2.35 bits per heavy atom. The summed E-state index contributed by atoms with van der Waals surface area (Å²) in [6.07, 6.45) is 3.17. The Morgan fingerprint density at radius 2 is 1.77 bits per heavy atom. The first-order valence-corrected chi connectivity index (χ1v) is 11.0. The second-order valence-electron chi connectivity index (χ2n) is 10.0. The molecule has 0 aromatic rings. The molecule has 0 aromatic carbocycles. The van der Waals surface area contributed by atoms with E-state index in [9.17, 15) is 28.3 Å². The van der Waals surface area contributed by atoms with Crippen LogP contribution in [0.15, 0.2) is 0 Å². The quantitative estimate of drug-likeness (QED) is 0.690. The van der Waals surface area contributed by atoms with Gasteiger partial charge in [-0.25, -0.2) is 18.4 Å². The lowest BCUT2D eigenvalue weighted by atomic mass is 9.83. The Bertz CT molecular complexity index is 706. The second kappa shape index (κ2) is 8.88. The zero-order chi connectivity index (χ0) is 23.0. The van der Waals surface area contributed by atoms with Crippen molar-refractivity contribution in [1.29, 1.82) is 0 Å². The molecule has 176 valence electrons. The Morgan fingerprint density at radius 1 is 1.13 bits per heavy atom. The highest BCUT2D eigenvalue weighted by Crippen LogP contribution is 2.36. The van der Waals surface area contributed by atoms with Gasteiger partial charge in [0.2, 0.25) is 5.91 Å². The van der Waals surface area contributed by atoms with Crippen molar-refractivity contribution in [3.63, 3.8) is 0 Å². The molecule has 3 atom stereocenters. The van der Waals surface area contributed by atoms with Gasteiger partial charge >= 0.3 is 12.1 Å². The van der Waals surface area contributed by atoms with Crippen molar-refractivity contribution in [1.82, 2.24) is 15.1 Å². The number of amides is 2. The topological polar surface area (TPSA) is 99.2 Å². The summed E-state index contributed by atoms with van der Waals surface area (Å²) < 4.78 is 33.2. The van der Waals surface area contributed by atoms with Crippen LogP contribution in [0.5, 0.6) is 0 Å². The van der Waals surface area contributed by atoms with Crippen molar-refractivity contribution >= 4 is 18.0 Å². The fraction of sp³-hybridized carbons (Fsp3) is 0.857. The predicted molar refractivity (Wildman–Crippen MR) is 108 cm³/mol. The number of carbonyl (C=O) groups is 3. The smallest absolute Gasteiger partial charge is 0.408 e. The number of hydrogen-bond acceptors (Lipinski definition) is 5. The van der Waals surface area contributed by atoms with Crippen molar-refractivity contribution in [2.45, 2.75) is 88.9 Å². The van der Waals surface area contributed by atoms with Crippen molar-refractivity contribution in [3.05, 3.63) is 0 Å². The molecule has 0 radical (unpaired) electrons. The van der Waals surface area contributed by atoms with Crippen LogP contribution in [-0.4, -0.2) is 82.2 Å². The molecule has 3 rings (SSSR count). The van der Waals surface area contributed by atoms with E-state index in [4.69, 9.17) is 4.74 Å². The third-order valence-electron chi connectivity index (χ3n) is 6.30. The van der Waals surface area contributed by atoms with Gasteiger partial charge in [0.05, 0.1) is 6.54 Å². The van der Waals surface area contributed by atoms with Gasteiger partial charge in [0.1, 0.15) is 17.7 Å². The molecular weight excluding hydrogens is 412 g/mol. The Kier molecular flexibility index (Phi) is 6.78. The van der Waals surface area contributed by atoms with E-state index in [0.29, 0.717) is 0 Å². The molecular formula is C21H33F2N3O5. The van der Waals surface area contributed by atoms with Crippen LogP contribution >= 0.6 is 0 Å². The lowest BCUT2D eigenvalue weighted by Gasteiger charge is -2.43. The summed E-state index contributed by atoms with van der Waals surface area (Å²) >= 11 is 0. The van der Waals surface area contributed by atoms with Crippen molar-refractivity contribution in [2.75, 3.05) is 19.6 Å². The number of hydrogen-bond donors (Lipinski definition) is 2. The van der Waals surface area contributed by atoms with Gasteiger partial charge in [-0.3, -0.25) is 9.69 Å². The Balaban J connectivity index is 1.82. The van der Waals surface area contributed by atoms with Crippen LogP contribution in [0.3, 0.4) is 0 Å². The number of alkyl carbamates (subject to hydrolysis) is 1. The first kappa shape index (κ1) is 23.7. The number of nitrogens with zero attached hydrogens (tertiary/aromatic N) is 2.